The first-order chi connectivity index (χ1) is 10.9. The van der Waals surface area contributed by atoms with Crippen LogP contribution in [0, 0.1) is 0 Å². The molecular formula is C18H21NO3S. The summed E-state index contributed by atoms with van der Waals surface area (Å²) < 4.78 is 11.3. The van der Waals surface area contributed by atoms with Crippen LogP contribution in [0.25, 0.3) is 0 Å². The number of carbonyl (C=O) groups excluding carboxylic acids is 1. The van der Waals surface area contributed by atoms with Gasteiger partial charge in [-0.25, -0.2) is 0 Å². The van der Waals surface area contributed by atoms with E-state index < -0.39 is 16.4 Å². The molecular weight excluding hydrogens is 310 g/mol. The van der Waals surface area contributed by atoms with Gasteiger partial charge >= 0.3 is 0 Å². The van der Waals surface area contributed by atoms with Crippen LogP contribution in [0.1, 0.15) is 24.5 Å². The van der Waals surface area contributed by atoms with E-state index in [4.69, 9.17) is 0 Å². The number of benzene rings is 2. The van der Waals surface area contributed by atoms with Gasteiger partial charge in [0.1, 0.15) is 0 Å². The summed E-state index contributed by atoms with van der Waals surface area (Å²) in [7, 11) is -0.931. The van der Waals surface area contributed by atoms with Gasteiger partial charge in [-0.3, -0.25) is 9.00 Å². The number of rotatable bonds is 6. The Bertz CT molecular complexity index is 698. The van der Waals surface area contributed by atoms with Crippen LogP contribution in [-0.4, -0.2) is 21.5 Å². The Balaban J connectivity index is 2.03. The molecule has 0 aliphatic carbocycles. The summed E-state index contributed by atoms with van der Waals surface area (Å²) in [6.45, 7) is 1.62. The molecule has 2 aromatic rings. The predicted molar refractivity (Wildman–Crippen MR) is 93.5 cm³/mol. The highest BCUT2D eigenvalue weighted by Crippen LogP contribution is 2.24. The number of hydrogen-bond acceptors (Lipinski definition) is 3. The molecule has 0 aliphatic rings. The van der Waals surface area contributed by atoms with Crippen molar-refractivity contribution in [2.24, 2.45) is 0 Å². The maximum atomic E-state index is 12.2. The van der Waals surface area contributed by atoms with E-state index in [-0.39, 0.29) is 12.3 Å². The lowest BCUT2D eigenvalue weighted by molar-refractivity contribution is -0.120. The van der Waals surface area contributed by atoms with Gasteiger partial charge in [0.05, 0.1) is 12.0 Å². The molecule has 0 aromatic heterocycles. The topological polar surface area (TPSA) is 66.4 Å². The molecule has 0 saturated heterocycles. The van der Waals surface area contributed by atoms with Crippen LogP contribution in [0.4, 0.5) is 5.69 Å². The zero-order valence-electron chi connectivity index (χ0n) is 13.3. The van der Waals surface area contributed by atoms with Crippen LogP contribution in [0.3, 0.4) is 0 Å². The van der Waals surface area contributed by atoms with Crippen LogP contribution >= 0.6 is 0 Å². The fourth-order valence-corrected chi connectivity index (χ4v) is 3.04. The van der Waals surface area contributed by atoms with E-state index in [0.717, 1.165) is 5.56 Å². The average molecular weight is 331 g/mol. The van der Waals surface area contributed by atoms with Crippen LogP contribution in [-0.2, 0) is 26.9 Å². The molecule has 5 heteroatoms. The molecule has 2 aromatic carbocycles. The van der Waals surface area contributed by atoms with Gasteiger partial charge in [-0.1, -0.05) is 42.5 Å². The van der Waals surface area contributed by atoms with E-state index in [1.54, 1.807) is 37.4 Å². The zero-order chi connectivity index (χ0) is 16.9. The third-order valence-electron chi connectivity index (χ3n) is 3.48. The first-order valence-corrected chi connectivity index (χ1v) is 9.06. The van der Waals surface area contributed by atoms with Gasteiger partial charge in [0, 0.05) is 28.5 Å². The Morgan fingerprint density at radius 1 is 1.17 bits per heavy atom. The van der Waals surface area contributed by atoms with Crippen LogP contribution < -0.4 is 5.32 Å². The van der Waals surface area contributed by atoms with Gasteiger partial charge in [0.2, 0.25) is 5.91 Å². The van der Waals surface area contributed by atoms with Crippen LogP contribution in [0.15, 0.2) is 54.6 Å². The summed E-state index contributed by atoms with van der Waals surface area (Å²) >= 11 is 0. The summed E-state index contributed by atoms with van der Waals surface area (Å²) in [5.74, 6) is 0.180. The fraction of sp³-hybridized carbons (Fsp3) is 0.278. The lowest BCUT2D eigenvalue weighted by Gasteiger charge is -2.23. The van der Waals surface area contributed by atoms with E-state index in [1.165, 1.54) is 0 Å². The fourth-order valence-electron chi connectivity index (χ4n) is 2.39. The smallest absolute Gasteiger partial charge is 0.227 e. The predicted octanol–water partition coefficient (Wildman–Crippen LogP) is 2.80. The maximum Gasteiger partial charge on any atom is 0.227 e. The van der Waals surface area contributed by atoms with E-state index in [2.05, 4.69) is 5.32 Å². The quantitative estimate of drug-likeness (QED) is 0.855. The van der Waals surface area contributed by atoms with Crippen LogP contribution in [0.2, 0.25) is 0 Å². The first kappa shape index (κ1) is 17.4. The molecule has 0 heterocycles. The maximum absolute atomic E-state index is 12.2. The molecule has 0 saturated carbocycles. The highest BCUT2D eigenvalue weighted by atomic mass is 32.2. The molecule has 4 nitrogen and oxygen atoms in total. The van der Waals surface area contributed by atoms with Gasteiger partial charge in [0.25, 0.3) is 0 Å². The molecule has 23 heavy (non-hydrogen) atoms. The Labute approximate surface area is 139 Å². The SMILES string of the molecule is CS(=O)Cc1cccc(NC(=O)CC(C)(O)c2ccccc2)c1. The Morgan fingerprint density at radius 3 is 2.52 bits per heavy atom. The Kier molecular flexibility index (Phi) is 5.69. The summed E-state index contributed by atoms with van der Waals surface area (Å²) in [6.07, 6.45) is 1.60. The Hall–Kier alpha value is -1.98. The van der Waals surface area contributed by atoms with Gasteiger partial charge in [0.15, 0.2) is 0 Å². The summed E-state index contributed by atoms with van der Waals surface area (Å²) in [5.41, 5.74) is 1.01. The van der Waals surface area contributed by atoms with Gasteiger partial charge < -0.3 is 10.4 Å². The summed E-state index contributed by atoms with van der Waals surface area (Å²) in [4.78, 5) is 12.2. The van der Waals surface area contributed by atoms with Crippen molar-refractivity contribution in [1.29, 1.82) is 0 Å². The normalized spacial score (nSPS) is 14.7. The molecule has 1 amide bonds. The highest BCUT2D eigenvalue weighted by Gasteiger charge is 2.26. The highest BCUT2D eigenvalue weighted by molar-refractivity contribution is 7.83. The largest absolute Gasteiger partial charge is 0.385 e. The minimum atomic E-state index is -1.23. The zero-order valence-corrected chi connectivity index (χ0v) is 14.1. The number of hydrogen-bond donors (Lipinski definition) is 2. The third kappa shape index (κ3) is 5.30. The minimum absolute atomic E-state index is 0.0407. The molecule has 2 unspecified atom stereocenters. The Morgan fingerprint density at radius 2 is 1.87 bits per heavy atom. The first-order valence-electron chi connectivity index (χ1n) is 7.33. The molecule has 2 N–H and O–H groups in total. The molecule has 0 spiro atoms. The lowest BCUT2D eigenvalue weighted by Crippen LogP contribution is -2.28. The molecule has 0 radical (unpaired) electrons. The summed E-state index contributed by atoms with van der Waals surface area (Å²) in [5, 5.41) is 13.3. The number of carbonyl (C=O) groups is 1. The van der Waals surface area contributed by atoms with Crippen molar-refractivity contribution in [2.45, 2.75) is 24.7 Å². The second-order valence-electron chi connectivity index (χ2n) is 5.78. The number of nitrogens with one attached hydrogen (secondary N) is 1. The second kappa shape index (κ2) is 7.53. The number of aliphatic hydroxyl groups is 1. The lowest BCUT2D eigenvalue weighted by atomic mass is 9.92. The van der Waals surface area contributed by atoms with Gasteiger partial charge in [-0.05, 0) is 30.2 Å². The van der Waals surface area contributed by atoms with E-state index >= 15 is 0 Å². The van der Waals surface area contributed by atoms with Gasteiger partial charge in [-0.15, -0.1) is 0 Å². The second-order valence-corrected chi connectivity index (χ2v) is 7.22. The minimum Gasteiger partial charge on any atom is -0.385 e. The van der Waals surface area contributed by atoms with Crippen molar-refractivity contribution in [3.05, 3.63) is 65.7 Å². The monoisotopic (exact) mass is 331 g/mol. The van der Waals surface area contributed by atoms with E-state index in [9.17, 15) is 14.1 Å². The average Bonchev–Trinajstić information content (AvgIpc) is 2.47. The molecule has 0 bridgehead atoms. The van der Waals surface area contributed by atoms with Crippen molar-refractivity contribution in [2.75, 3.05) is 11.6 Å². The number of amides is 1. The van der Waals surface area contributed by atoms with Gasteiger partial charge in [-0.2, -0.15) is 0 Å². The van der Waals surface area contributed by atoms with Crippen molar-refractivity contribution in [3.63, 3.8) is 0 Å². The molecule has 0 aliphatic heterocycles. The third-order valence-corrected chi connectivity index (χ3v) is 4.22. The summed E-state index contributed by atoms with van der Waals surface area (Å²) in [6, 6.07) is 16.4. The van der Waals surface area contributed by atoms with Crippen molar-refractivity contribution in [3.8, 4) is 0 Å². The van der Waals surface area contributed by atoms with Crippen molar-refractivity contribution < 1.29 is 14.1 Å². The van der Waals surface area contributed by atoms with Crippen molar-refractivity contribution >= 4 is 22.4 Å². The molecule has 0 fully saturated rings. The standard InChI is InChI=1S/C18H21NO3S/c1-18(21,15-8-4-3-5-9-15)12-17(20)19-16-10-6-7-14(11-16)13-23(2)22/h3-11,21H,12-13H2,1-2H3,(H,19,20). The van der Waals surface area contributed by atoms with E-state index in [1.807, 2.05) is 30.3 Å². The van der Waals surface area contributed by atoms with E-state index in [0.29, 0.717) is 17.0 Å². The molecule has 122 valence electrons. The van der Waals surface area contributed by atoms with Crippen molar-refractivity contribution in [1.82, 2.24) is 0 Å². The molecule has 2 atom stereocenters. The van der Waals surface area contributed by atoms with Crippen LogP contribution in [0.5, 0.6) is 0 Å². The number of anilines is 1. The molecule has 2 rings (SSSR count).